The summed E-state index contributed by atoms with van der Waals surface area (Å²) in [5.41, 5.74) is 4.78. The summed E-state index contributed by atoms with van der Waals surface area (Å²) < 4.78 is 8.20. The standard InChI is InChI=1S/C22H24N2O.C2H4O2/c1-13-18-12-24(6)10-9-16(18)14(2)21-20(13)17-11-15(25-22(3,4)5)7-8-19(17)23-21;1-2(3)4/h7-12H,1-6H3;1H3,(H,3,4). The molecule has 2 heterocycles. The number of pyridine rings is 1. The molecule has 152 valence electrons. The average Bonchev–Trinajstić information content (AvgIpc) is 2.97. The minimum Gasteiger partial charge on any atom is -0.550 e. The molecule has 0 aliphatic carbocycles. The maximum atomic E-state index is 8.89. The van der Waals surface area contributed by atoms with Gasteiger partial charge in [0.15, 0.2) is 12.4 Å². The lowest BCUT2D eigenvalue weighted by Crippen LogP contribution is -2.26. The Balaban J connectivity index is 0.000000552. The Morgan fingerprint density at radius 3 is 2.34 bits per heavy atom. The Hall–Kier alpha value is -3.08. The van der Waals surface area contributed by atoms with Crippen molar-refractivity contribution in [3.05, 3.63) is 47.8 Å². The van der Waals surface area contributed by atoms with Gasteiger partial charge >= 0.3 is 0 Å². The summed E-state index contributed by atoms with van der Waals surface area (Å²) in [6.45, 7) is 11.6. The second-order valence-electron chi connectivity index (χ2n) is 8.48. The van der Waals surface area contributed by atoms with Crippen molar-refractivity contribution >= 4 is 38.5 Å². The Kier molecular flexibility index (Phi) is 5.26. The second kappa shape index (κ2) is 7.39. The van der Waals surface area contributed by atoms with Gasteiger partial charge in [-0.1, -0.05) is 0 Å². The largest absolute Gasteiger partial charge is 0.550 e. The van der Waals surface area contributed by atoms with Gasteiger partial charge in [0.05, 0.1) is 5.52 Å². The number of hydrogen-bond acceptors (Lipinski definition) is 3. The average molecular weight is 392 g/mol. The fraction of sp³-hybridized carbons (Fsp3) is 0.333. The van der Waals surface area contributed by atoms with Gasteiger partial charge in [-0.3, -0.25) is 0 Å². The van der Waals surface area contributed by atoms with E-state index in [4.69, 9.17) is 14.6 Å². The lowest BCUT2D eigenvalue weighted by Gasteiger charge is -2.21. The normalized spacial score (nSPS) is 11.6. The van der Waals surface area contributed by atoms with Gasteiger partial charge in [0.1, 0.15) is 18.4 Å². The Labute approximate surface area is 170 Å². The fourth-order valence-electron chi connectivity index (χ4n) is 3.75. The summed E-state index contributed by atoms with van der Waals surface area (Å²) >= 11 is 0. The molecule has 5 heteroatoms. The minimum atomic E-state index is -1.08. The zero-order valence-corrected chi connectivity index (χ0v) is 18.1. The number of carboxylic acid groups (broad SMARTS) is 1. The highest BCUT2D eigenvalue weighted by Gasteiger charge is 2.17. The quantitative estimate of drug-likeness (QED) is 0.500. The van der Waals surface area contributed by atoms with Crippen molar-refractivity contribution in [2.75, 3.05) is 0 Å². The molecule has 0 bridgehead atoms. The van der Waals surface area contributed by atoms with E-state index in [2.05, 4.69) is 81.8 Å². The Morgan fingerprint density at radius 1 is 1.07 bits per heavy atom. The van der Waals surface area contributed by atoms with Crippen molar-refractivity contribution < 1.29 is 19.2 Å². The van der Waals surface area contributed by atoms with Crippen molar-refractivity contribution in [3.63, 3.8) is 0 Å². The van der Waals surface area contributed by atoms with Crippen LogP contribution in [0.3, 0.4) is 0 Å². The number of benzene rings is 2. The molecule has 0 fully saturated rings. The van der Waals surface area contributed by atoms with E-state index < -0.39 is 5.97 Å². The topological polar surface area (TPSA) is 69.0 Å². The first-order chi connectivity index (χ1) is 13.5. The number of fused-ring (bicyclic) bond motifs is 4. The molecule has 5 nitrogen and oxygen atoms in total. The van der Waals surface area contributed by atoms with E-state index in [1.807, 2.05) is 6.07 Å². The molecule has 0 atom stereocenters. The molecule has 4 aromatic rings. The van der Waals surface area contributed by atoms with Gasteiger partial charge in [0.25, 0.3) is 0 Å². The van der Waals surface area contributed by atoms with Crippen LogP contribution >= 0.6 is 0 Å². The van der Waals surface area contributed by atoms with Crippen molar-refractivity contribution in [1.29, 1.82) is 0 Å². The number of nitrogens with zero attached hydrogens (tertiary/aromatic N) is 1. The molecule has 4 rings (SSSR count). The van der Waals surface area contributed by atoms with Crippen LogP contribution in [0.5, 0.6) is 5.75 Å². The number of hydrogen-bond donors (Lipinski definition) is 1. The Morgan fingerprint density at radius 2 is 1.72 bits per heavy atom. The molecule has 0 aliphatic heterocycles. The lowest BCUT2D eigenvalue weighted by molar-refractivity contribution is -0.670. The third kappa shape index (κ3) is 4.19. The number of carboxylic acids is 1. The van der Waals surface area contributed by atoms with Gasteiger partial charge in [-0.15, -0.1) is 0 Å². The van der Waals surface area contributed by atoms with Gasteiger partial charge in [0, 0.05) is 33.7 Å². The molecule has 29 heavy (non-hydrogen) atoms. The third-order valence-corrected chi connectivity index (χ3v) is 4.85. The van der Waals surface area contributed by atoms with Gasteiger partial charge in [-0.25, -0.2) is 4.57 Å². The molecule has 0 saturated carbocycles. The van der Waals surface area contributed by atoms with Gasteiger partial charge in [0.2, 0.25) is 0 Å². The van der Waals surface area contributed by atoms with E-state index in [-0.39, 0.29) is 5.60 Å². The number of aliphatic carboxylic acids is 1. The fourth-order valence-corrected chi connectivity index (χ4v) is 3.75. The minimum absolute atomic E-state index is 0.203. The number of aromatic nitrogens is 2. The number of aryl methyl sites for hydroxylation is 3. The number of carbonyl (C=O) groups excluding carboxylic acids is 1. The van der Waals surface area contributed by atoms with Crippen LogP contribution in [0, 0.1) is 13.8 Å². The zero-order valence-electron chi connectivity index (χ0n) is 18.1. The van der Waals surface area contributed by atoms with Crippen LogP contribution in [-0.4, -0.2) is 16.6 Å². The molecule has 2 aromatic carbocycles. The van der Waals surface area contributed by atoms with Crippen LogP contribution in [-0.2, 0) is 11.8 Å². The molecule has 0 amide bonds. The summed E-state index contributed by atoms with van der Waals surface area (Å²) in [4.78, 5) is 12.5. The maximum absolute atomic E-state index is 8.89. The smallest absolute Gasteiger partial charge is 0.176 e. The monoisotopic (exact) mass is 392 g/mol. The van der Waals surface area contributed by atoms with Crippen LogP contribution in [0.15, 0.2) is 36.7 Å². The second-order valence-corrected chi connectivity index (χ2v) is 8.48. The predicted molar refractivity (Wildman–Crippen MR) is 115 cm³/mol. The van der Waals surface area contributed by atoms with Crippen LogP contribution < -0.4 is 14.4 Å². The third-order valence-electron chi connectivity index (χ3n) is 4.85. The van der Waals surface area contributed by atoms with Gasteiger partial charge < -0.3 is 19.6 Å². The van der Waals surface area contributed by atoms with E-state index in [1.165, 1.54) is 38.2 Å². The molecular formula is C24H28N2O3. The summed E-state index contributed by atoms with van der Waals surface area (Å²) in [7, 11) is 2.07. The van der Waals surface area contributed by atoms with Crippen molar-refractivity contribution in [2.24, 2.45) is 7.05 Å². The lowest BCUT2D eigenvalue weighted by atomic mass is 9.97. The molecular weight excluding hydrogens is 364 g/mol. The van der Waals surface area contributed by atoms with Crippen molar-refractivity contribution in [2.45, 2.75) is 47.1 Å². The number of ether oxygens (including phenoxy) is 1. The first-order valence-electron chi connectivity index (χ1n) is 9.68. The highest BCUT2D eigenvalue weighted by atomic mass is 16.5. The van der Waals surface area contributed by atoms with E-state index in [9.17, 15) is 0 Å². The summed E-state index contributed by atoms with van der Waals surface area (Å²) in [5, 5.41) is 14.0. The van der Waals surface area contributed by atoms with E-state index in [0.717, 1.165) is 18.2 Å². The number of rotatable bonds is 1. The van der Waals surface area contributed by atoms with Gasteiger partial charge in [-0.2, -0.15) is 0 Å². The molecule has 0 spiro atoms. The van der Waals surface area contributed by atoms with E-state index in [0.29, 0.717) is 0 Å². The number of aromatic amines is 1. The molecule has 1 N–H and O–H groups in total. The van der Waals surface area contributed by atoms with E-state index in [1.54, 1.807) is 0 Å². The Bertz CT molecular complexity index is 1230. The molecule has 2 aromatic heterocycles. The van der Waals surface area contributed by atoms with Crippen LogP contribution in [0.1, 0.15) is 38.8 Å². The first-order valence-corrected chi connectivity index (χ1v) is 9.68. The molecule has 0 unspecified atom stereocenters. The van der Waals surface area contributed by atoms with Crippen LogP contribution in [0.4, 0.5) is 0 Å². The van der Waals surface area contributed by atoms with Crippen molar-refractivity contribution in [1.82, 2.24) is 4.98 Å². The summed E-state index contributed by atoms with van der Waals surface area (Å²) in [6, 6.07) is 8.55. The van der Waals surface area contributed by atoms with E-state index >= 15 is 0 Å². The number of H-pyrrole nitrogens is 1. The van der Waals surface area contributed by atoms with Crippen LogP contribution in [0.2, 0.25) is 0 Å². The highest BCUT2D eigenvalue weighted by Crippen LogP contribution is 2.37. The van der Waals surface area contributed by atoms with Crippen molar-refractivity contribution in [3.8, 4) is 5.75 Å². The predicted octanol–water partition coefficient (Wildman–Crippen LogP) is 3.85. The van der Waals surface area contributed by atoms with Crippen LogP contribution in [0.25, 0.3) is 32.6 Å². The summed E-state index contributed by atoms with van der Waals surface area (Å²) in [6.07, 6.45) is 4.32. The molecule has 0 saturated heterocycles. The zero-order chi connectivity index (χ0) is 21.5. The number of nitrogens with one attached hydrogen (secondary N) is 1. The SMILES string of the molecule is CC(=O)[O-].Cc1c2cc[n+](C)cc2c(C)c2c1[nH]c1ccc(OC(C)(C)C)cc12. The molecule has 0 radical (unpaired) electrons. The first kappa shape index (κ1) is 20.6. The highest BCUT2D eigenvalue weighted by molar-refractivity contribution is 6.16. The molecule has 0 aliphatic rings. The number of carbonyl (C=O) groups is 1. The maximum Gasteiger partial charge on any atom is 0.176 e. The van der Waals surface area contributed by atoms with Gasteiger partial charge in [-0.05, 0) is 76.3 Å². The summed E-state index contributed by atoms with van der Waals surface area (Å²) in [5.74, 6) is -0.170.